The van der Waals surface area contributed by atoms with Crippen molar-refractivity contribution in [2.75, 3.05) is 13.1 Å². The lowest BCUT2D eigenvalue weighted by Gasteiger charge is -2.17. The number of aryl methyl sites for hydroxylation is 1. The summed E-state index contributed by atoms with van der Waals surface area (Å²) in [7, 11) is 0. The normalized spacial score (nSPS) is 18.5. The van der Waals surface area contributed by atoms with Crippen molar-refractivity contribution in [3.63, 3.8) is 0 Å². The topological polar surface area (TPSA) is 51.0 Å². The number of amides is 1. The van der Waals surface area contributed by atoms with Gasteiger partial charge in [0.25, 0.3) is 5.91 Å². The van der Waals surface area contributed by atoms with Crippen molar-refractivity contribution in [3.05, 3.63) is 47.0 Å². The van der Waals surface area contributed by atoms with Crippen LogP contribution in [0.1, 0.15) is 28.4 Å². The second-order valence-corrected chi connectivity index (χ2v) is 5.46. The standard InChI is InChI=1S/C14H15ClN4O/c1-10-6-16-4-2-13(10)14(20)18-5-3-12(9-18)19-8-11(15)7-17-19/h2,4,6-8,12H,3,5,9H2,1H3. The Kier molecular flexibility index (Phi) is 3.44. The molecule has 6 heteroatoms. The van der Waals surface area contributed by atoms with Crippen LogP contribution < -0.4 is 0 Å². The van der Waals surface area contributed by atoms with Crippen LogP contribution in [0.25, 0.3) is 0 Å². The van der Waals surface area contributed by atoms with E-state index in [0.717, 1.165) is 24.1 Å². The molecule has 0 aliphatic carbocycles. The Hall–Kier alpha value is -1.88. The lowest BCUT2D eigenvalue weighted by atomic mass is 10.1. The first-order chi connectivity index (χ1) is 9.65. The number of likely N-dealkylation sites (tertiary alicyclic amines) is 1. The fourth-order valence-corrected chi connectivity index (χ4v) is 2.68. The molecule has 0 N–H and O–H groups in total. The van der Waals surface area contributed by atoms with Crippen LogP contribution in [-0.2, 0) is 0 Å². The maximum absolute atomic E-state index is 12.5. The van der Waals surface area contributed by atoms with Gasteiger partial charge in [0.2, 0.25) is 0 Å². The highest BCUT2D eigenvalue weighted by Crippen LogP contribution is 2.24. The number of rotatable bonds is 2. The molecular weight excluding hydrogens is 276 g/mol. The molecule has 0 spiro atoms. The molecule has 2 aromatic heterocycles. The monoisotopic (exact) mass is 290 g/mol. The van der Waals surface area contributed by atoms with Gasteiger partial charge in [0.1, 0.15) is 0 Å². The first-order valence-electron chi connectivity index (χ1n) is 6.54. The van der Waals surface area contributed by atoms with Gasteiger partial charge in [-0.05, 0) is 25.0 Å². The van der Waals surface area contributed by atoms with Gasteiger partial charge < -0.3 is 4.90 Å². The van der Waals surface area contributed by atoms with Crippen LogP contribution in [0.15, 0.2) is 30.9 Å². The number of nitrogens with zero attached hydrogens (tertiary/aromatic N) is 4. The highest BCUT2D eigenvalue weighted by atomic mass is 35.5. The Balaban J connectivity index is 1.74. The van der Waals surface area contributed by atoms with E-state index in [1.807, 2.05) is 16.5 Å². The van der Waals surface area contributed by atoms with Gasteiger partial charge in [0, 0.05) is 37.2 Å². The minimum absolute atomic E-state index is 0.0608. The molecule has 0 saturated carbocycles. The van der Waals surface area contributed by atoms with Crippen molar-refractivity contribution in [2.24, 2.45) is 0 Å². The summed E-state index contributed by atoms with van der Waals surface area (Å²) >= 11 is 5.88. The average Bonchev–Trinajstić information content (AvgIpc) is 3.07. The molecule has 5 nitrogen and oxygen atoms in total. The zero-order valence-electron chi connectivity index (χ0n) is 11.2. The molecule has 1 unspecified atom stereocenters. The van der Waals surface area contributed by atoms with Crippen LogP contribution in [0.5, 0.6) is 0 Å². The Bertz CT molecular complexity index is 640. The molecule has 1 fully saturated rings. The van der Waals surface area contributed by atoms with E-state index in [9.17, 15) is 4.79 Å². The highest BCUT2D eigenvalue weighted by Gasteiger charge is 2.29. The number of carbonyl (C=O) groups excluding carboxylic acids is 1. The molecular formula is C14H15ClN4O. The van der Waals surface area contributed by atoms with Crippen LogP contribution in [0.3, 0.4) is 0 Å². The zero-order chi connectivity index (χ0) is 14.1. The van der Waals surface area contributed by atoms with Gasteiger partial charge in [0.05, 0.1) is 17.3 Å². The molecule has 2 aromatic rings. The molecule has 1 aliphatic rings. The molecule has 0 radical (unpaired) electrons. The Morgan fingerprint density at radius 1 is 1.45 bits per heavy atom. The molecule has 1 amide bonds. The molecule has 1 aliphatic heterocycles. The minimum Gasteiger partial charge on any atom is -0.336 e. The largest absolute Gasteiger partial charge is 0.336 e. The summed E-state index contributed by atoms with van der Waals surface area (Å²) in [4.78, 5) is 18.4. The smallest absolute Gasteiger partial charge is 0.254 e. The summed E-state index contributed by atoms with van der Waals surface area (Å²) in [6.07, 6.45) is 7.69. The lowest BCUT2D eigenvalue weighted by molar-refractivity contribution is 0.0786. The number of pyridine rings is 1. The van der Waals surface area contributed by atoms with Gasteiger partial charge in [0.15, 0.2) is 0 Å². The average molecular weight is 291 g/mol. The van der Waals surface area contributed by atoms with Gasteiger partial charge in [-0.2, -0.15) is 5.10 Å². The van der Waals surface area contributed by atoms with Crippen molar-refractivity contribution in [1.29, 1.82) is 0 Å². The van der Waals surface area contributed by atoms with Crippen LogP contribution in [0.4, 0.5) is 0 Å². The lowest BCUT2D eigenvalue weighted by Crippen LogP contribution is -2.29. The van der Waals surface area contributed by atoms with Crippen molar-refractivity contribution < 1.29 is 4.79 Å². The van der Waals surface area contributed by atoms with E-state index in [1.165, 1.54) is 0 Å². The van der Waals surface area contributed by atoms with Crippen LogP contribution in [0.2, 0.25) is 5.02 Å². The fourth-order valence-electron chi connectivity index (χ4n) is 2.54. The SMILES string of the molecule is Cc1cnccc1C(=O)N1CCC(n2cc(Cl)cn2)C1. The quantitative estimate of drug-likeness (QED) is 0.853. The third-order valence-corrected chi connectivity index (χ3v) is 3.84. The molecule has 104 valence electrons. The van der Waals surface area contributed by atoms with Crippen LogP contribution in [0, 0.1) is 6.92 Å². The highest BCUT2D eigenvalue weighted by molar-refractivity contribution is 6.30. The molecule has 0 aromatic carbocycles. The molecule has 3 heterocycles. The van der Waals surface area contributed by atoms with E-state index in [2.05, 4.69) is 10.1 Å². The summed E-state index contributed by atoms with van der Waals surface area (Å²) < 4.78 is 1.84. The Morgan fingerprint density at radius 3 is 3.00 bits per heavy atom. The Labute approximate surface area is 122 Å². The summed E-state index contributed by atoms with van der Waals surface area (Å²) in [5.74, 6) is 0.0608. The summed E-state index contributed by atoms with van der Waals surface area (Å²) in [6.45, 7) is 3.31. The summed E-state index contributed by atoms with van der Waals surface area (Å²) in [5.41, 5.74) is 1.63. The predicted molar refractivity (Wildman–Crippen MR) is 75.8 cm³/mol. The van der Waals surface area contributed by atoms with Gasteiger partial charge in [-0.25, -0.2) is 0 Å². The molecule has 20 heavy (non-hydrogen) atoms. The molecule has 3 rings (SSSR count). The first kappa shape index (κ1) is 13.1. The predicted octanol–water partition coefficient (Wildman–Crippen LogP) is 2.33. The van der Waals surface area contributed by atoms with E-state index >= 15 is 0 Å². The summed E-state index contributed by atoms with van der Waals surface area (Å²) in [5, 5.41) is 4.84. The third-order valence-electron chi connectivity index (χ3n) is 3.65. The first-order valence-corrected chi connectivity index (χ1v) is 6.92. The van der Waals surface area contributed by atoms with E-state index < -0.39 is 0 Å². The van der Waals surface area contributed by atoms with Crippen molar-refractivity contribution >= 4 is 17.5 Å². The number of hydrogen-bond donors (Lipinski definition) is 0. The van der Waals surface area contributed by atoms with Crippen molar-refractivity contribution in [1.82, 2.24) is 19.7 Å². The van der Waals surface area contributed by atoms with Gasteiger partial charge >= 0.3 is 0 Å². The number of carbonyl (C=O) groups is 1. The Morgan fingerprint density at radius 2 is 2.30 bits per heavy atom. The second kappa shape index (κ2) is 5.25. The maximum Gasteiger partial charge on any atom is 0.254 e. The van der Waals surface area contributed by atoms with E-state index in [4.69, 9.17) is 11.6 Å². The fraction of sp³-hybridized carbons (Fsp3) is 0.357. The van der Waals surface area contributed by atoms with Gasteiger partial charge in [-0.1, -0.05) is 11.6 Å². The van der Waals surface area contributed by atoms with Crippen LogP contribution >= 0.6 is 11.6 Å². The molecule has 1 atom stereocenters. The number of aromatic nitrogens is 3. The number of hydrogen-bond acceptors (Lipinski definition) is 3. The van der Waals surface area contributed by atoms with Gasteiger partial charge in [-0.3, -0.25) is 14.5 Å². The third kappa shape index (κ3) is 2.41. The molecule has 0 bridgehead atoms. The summed E-state index contributed by atoms with van der Waals surface area (Å²) in [6, 6.07) is 1.98. The van der Waals surface area contributed by atoms with E-state index in [-0.39, 0.29) is 11.9 Å². The minimum atomic E-state index is 0.0608. The zero-order valence-corrected chi connectivity index (χ0v) is 11.9. The van der Waals surface area contributed by atoms with Crippen LogP contribution in [-0.4, -0.2) is 38.7 Å². The number of halogens is 1. The molecule has 1 saturated heterocycles. The second-order valence-electron chi connectivity index (χ2n) is 5.02. The van der Waals surface area contributed by atoms with Crippen molar-refractivity contribution in [2.45, 2.75) is 19.4 Å². The maximum atomic E-state index is 12.5. The van der Waals surface area contributed by atoms with Gasteiger partial charge in [-0.15, -0.1) is 0 Å². The van der Waals surface area contributed by atoms with Crippen molar-refractivity contribution in [3.8, 4) is 0 Å². The van der Waals surface area contributed by atoms with E-state index in [1.54, 1.807) is 30.9 Å². The van der Waals surface area contributed by atoms with E-state index in [0.29, 0.717) is 11.6 Å².